The maximum atomic E-state index is 12.5. The molecule has 0 saturated heterocycles. The zero-order valence-corrected chi connectivity index (χ0v) is 12.7. The summed E-state index contributed by atoms with van der Waals surface area (Å²) >= 11 is 1.82. The molecule has 0 aliphatic heterocycles. The maximum Gasteiger partial charge on any atom is 0.227 e. The number of nitrogens with one attached hydrogen (secondary N) is 1. The monoisotopic (exact) mass is 272 g/mol. The average Bonchev–Trinajstić information content (AvgIpc) is 2.62. The molecule has 0 aromatic carbocycles. The number of thioether (sulfide) groups is 1. The summed E-state index contributed by atoms with van der Waals surface area (Å²) < 4.78 is 0. The summed E-state index contributed by atoms with van der Waals surface area (Å²) in [5.74, 6) is 1.29. The van der Waals surface area contributed by atoms with Gasteiger partial charge in [-0.05, 0) is 38.2 Å². The fourth-order valence-corrected chi connectivity index (χ4v) is 3.26. The van der Waals surface area contributed by atoms with Crippen molar-refractivity contribution in [3.8, 4) is 0 Å². The van der Waals surface area contributed by atoms with E-state index in [4.69, 9.17) is 5.73 Å². The number of carbonyl (C=O) groups is 1. The van der Waals surface area contributed by atoms with E-state index in [2.05, 4.69) is 18.5 Å². The first-order valence-corrected chi connectivity index (χ1v) is 8.54. The van der Waals surface area contributed by atoms with Gasteiger partial charge in [0.2, 0.25) is 5.91 Å². The van der Waals surface area contributed by atoms with Crippen molar-refractivity contribution in [2.45, 2.75) is 57.9 Å². The van der Waals surface area contributed by atoms with E-state index in [1.165, 1.54) is 12.8 Å². The number of nitrogens with two attached hydrogens (primary N) is 1. The van der Waals surface area contributed by atoms with Gasteiger partial charge in [-0.25, -0.2) is 0 Å². The predicted octanol–water partition coefficient (Wildman–Crippen LogP) is 2.54. The first-order chi connectivity index (χ1) is 8.64. The van der Waals surface area contributed by atoms with Crippen molar-refractivity contribution in [1.29, 1.82) is 0 Å². The van der Waals surface area contributed by atoms with Crippen molar-refractivity contribution in [3.63, 3.8) is 0 Å². The van der Waals surface area contributed by atoms with E-state index in [0.29, 0.717) is 6.54 Å². The van der Waals surface area contributed by atoms with Crippen LogP contribution in [0.5, 0.6) is 0 Å². The van der Waals surface area contributed by atoms with Crippen LogP contribution in [0.15, 0.2) is 0 Å². The van der Waals surface area contributed by atoms with Gasteiger partial charge in [0.15, 0.2) is 0 Å². The molecule has 0 bridgehead atoms. The molecule has 1 fully saturated rings. The van der Waals surface area contributed by atoms with E-state index in [1.54, 1.807) is 0 Å². The first-order valence-electron chi connectivity index (χ1n) is 7.14. The van der Waals surface area contributed by atoms with E-state index < -0.39 is 0 Å². The number of amides is 1. The van der Waals surface area contributed by atoms with Gasteiger partial charge in [-0.1, -0.05) is 25.7 Å². The number of hydrogen-bond acceptors (Lipinski definition) is 3. The molecule has 0 heterocycles. The lowest BCUT2D eigenvalue weighted by Gasteiger charge is -2.31. The molecule has 0 spiro atoms. The van der Waals surface area contributed by atoms with E-state index in [9.17, 15) is 4.79 Å². The van der Waals surface area contributed by atoms with Crippen LogP contribution in [0.25, 0.3) is 0 Å². The third kappa shape index (κ3) is 4.47. The van der Waals surface area contributed by atoms with Gasteiger partial charge in [0.1, 0.15) is 0 Å². The highest BCUT2D eigenvalue weighted by Gasteiger charge is 2.37. The van der Waals surface area contributed by atoms with Gasteiger partial charge in [0, 0.05) is 12.6 Å². The van der Waals surface area contributed by atoms with E-state index in [0.717, 1.165) is 37.9 Å². The van der Waals surface area contributed by atoms with Gasteiger partial charge in [-0.3, -0.25) is 4.79 Å². The SMILES string of the molecule is CSCCC(C)NC(=O)C1(CN)CCCCCC1. The normalized spacial score (nSPS) is 21.1. The standard InChI is InChI=1S/C14H28N2OS/c1-12(7-10-18-2)16-13(17)14(11-15)8-5-3-4-6-9-14/h12H,3-11,15H2,1-2H3,(H,16,17). The second-order valence-corrected chi connectivity index (χ2v) is 6.54. The van der Waals surface area contributed by atoms with Crippen molar-refractivity contribution in [2.75, 3.05) is 18.6 Å². The summed E-state index contributed by atoms with van der Waals surface area (Å²) in [5, 5.41) is 3.17. The van der Waals surface area contributed by atoms with Crippen LogP contribution >= 0.6 is 11.8 Å². The highest BCUT2D eigenvalue weighted by molar-refractivity contribution is 7.98. The highest BCUT2D eigenvalue weighted by Crippen LogP contribution is 2.34. The van der Waals surface area contributed by atoms with Gasteiger partial charge in [-0.2, -0.15) is 11.8 Å². The molecule has 1 saturated carbocycles. The number of hydrogen-bond donors (Lipinski definition) is 2. The van der Waals surface area contributed by atoms with Crippen LogP contribution in [0.1, 0.15) is 51.9 Å². The van der Waals surface area contributed by atoms with E-state index in [1.807, 2.05) is 11.8 Å². The molecular formula is C14H28N2OS. The molecule has 1 unspecified atom stereocenters. The summed E-state index contributed by atoms with van der Waals surface area (Å²) in [6.45, 7) is 2.59. The van der Waals surface area contributed by atoms with Gasteiger partial charge < -0.3 is 11.1 Å². The Morgan fingerprint density at radius 2 is 1.94 bits per heavy atom. The zero-order valence-electron chi connectivity index (χ0n) is 11.8. The largest absolute Gasteiger partial charge is 0.353 e. The van der Waals surface area contributed by atoms with Crippen LogP contribution in [0.2, 0.25) is 0 Å². The summed E-state index contributed by atoms with van der Waals surface area (Å²) in [7, 11) is 0. The van der Waals surface area contributed by atoms with Gasteiger partial charge in [0.25, 0.3) is 0 Å². The second-order valence-electron chi connectivity index (χ2n) is 5.55. The Morgan fingerprint density at radius 1 is 1.33 bits per heavy atom. The average molecular weight is 272 g/mol. The van der Waals surface area contributed by atoms with Crippen molar-refractivity contribution < 1.29 is 4.79 Å². The minimum atomic E-state index is -0.288. The van der Waals surface area contributed by atoms with Crippen LogP contribution in [-0.4, -0.2) is 30.5 Å². The molecule has 3 nitrogen and oxygen atoms in total. The quantitative estimate of drug-likeness (QED) is 0.731. The van der Waals surface area contributed by atoms with Crippen molar-refractivity contribution in [3.05, 3.63) is 0 Å². The Kier molecular flexibility index (Phi) is 7.08. The Morgan fingerprint density at radius 3 is 2.44 bits per heavy atom. The Bertz CT molecular complexity index is 250. The summed E-state index contributed by atoms with van der Waals surface area (Å²) in [4.78, 5) is 12.5. The molecule has 18 heavy (non-hydrogen) atoms. The van der Waals surface area contributed by atoms with Gasteiger partial charge in [-0.15, -0.1) is 0 Å². The number of carbonyl (C=O) groups excluding carboxylic acids is 1. The molecule has 3 N–H and O–H groups in total. The van der Waals surface area contributed by atoms with Gasteiger partial charge >= 0.3 is 0 Å². The molecule has 1 rings (SSSR count). The molecular weight excluding hydrogens is 244 g/mol. The Balaban J connectivity index is 2.54. The summed E-state index contributed by atoms with van der Waals surface area (Å²) in [6.07, 6.45) is 9.84. The number of rotatable bonds is 6. The van der Waals surface area contributed by atoms with Crippen molar-refractivity contribution in [2.24, 2.45) is 11.1 Å². The third-order valence-electron chi connectivity index (χ3n) is 4.07. The Labute approximate surface area is 116 Å². The Hall–Kier alpha value is -0.220. The minimum Gasteiger partial charge on any atom is -0.353 e. The first kappa shape index (κ1) is 15.8. The van der Waals surface area contributed by atoms with Crippen LogP contribution in [0.4, 0.5) is 0 Å². The van der Waals surface area contributed by atoms with Crippen LogP contribution in [-0.2, 0) is 4.79 Å². The van der Waals surface area contributed by atoms with Crippen molar-refractivity contribution >= 4 is 17.7 Å². The molecule has 0 aromatic rings. The smallest absolute Gasteiger partial charge is 0.227 e. The van der Waals surface area contributed by atoms with Crippen LogP contribution in [0.3, 0.4) is 0 Å². The molecule has 0 aromatic heterocycles. The molecule has 1 aliphatic carbocycles. The molecule has 1 aliphatic rings. The maximum absolute atomic E-state index is 12.5. The van der Waals surface area contributed by atoms with Crippen LogP contribution < -0.4 is 11.1 Å². The molecule has 106 valence electrons. The van der Waals surface area contributed by atoms with Gasteiger partial charge in [0.05, 0.1) is 5.41 Å². The second kappa shape index (κ2) is 8.05. The molecule has 1 atom stereocenters. The summed E-state index contributed by atoms with van der Waals surface area (Å²) in [6, 6.07) is 0.261. The third-order valence-corrected chi connectivity index (χ3v) is 4.71. The lowest BCUT2D eigenvalue weighted by atomic mass is 9.79. The molecule has 0 radical (unpaired) electrons. The fraction of sp³-hybridized carbons (Fsp3) is 0.929. The highest BCUT2D eigenvalue weighted by atomic mass is 32.2. The molecule has 4 heteroatoms. The lowest BCUT2D eigenvalue weighted by Crippen LogP contribution is -2.48. The van der Waals surface area contributed by atoms with E-state index >= 15 is 0 Å². The minimum absolute atomic E-state index is 0.195. The summed E-state index contributed by atoms with van der Waals surface area (Å²) in [5.41, 5.74) is 5.63. The molecule has 1 amide bonds. The van der Waals surface area contributed by atoms with Crippen LogP contribution in [0, 0.1) is 5.41 Å². The zero-order chi connectivity index (χ0) is 13.4. The fourth-order valence-electron chi connectivity index (χ4n) is 2.67. The lowest BCUT2D eigenvalue weighted by molar-refractivity contribution is -0.132. The predicted molar refractivity (Wildman–Crippen MR) is 79.8 cm³/mol. The van der Waals surface area contributed by atoms with E-state index in [-0.39, 0.29) is 17.4 Å². The van der Waals surface area contributed by atoms with Crippen molar-refractivity contribution in [1.82, 2.24) is 5.32 Å². The topological polar surface area (TPSA) is 55.1 Å².